The molecule has 0 spiro atoms. The van der Waals surface area contributed by atoms with Crippen LogP contribution in [0.25, 0.3) is 0 Å². The fourth-order valence-electron chi connectivity index (χ4n) is 4.17. The number of carboxylic acids is 2. The van der Waals surface area contributed by atoms with Gasteiger partial charge in [0.2, 0.25) is 5.91 Å². The molecule has 0 saturated heterocycles. The van der Waals surface area contributed by atoms with Crippen molar-refractivity contribution in [3.8, 4) is 0 Å². The highest BCUT2D eigenvalue weighted by Gasteiger charge is 2.58. The third kappa shape index (κ3) is 6.03. The zero-order valence-electron chi connectivity index (χ0n) is 19.8. The minimum absolute atomic E-state index is 0.0441. The molecule has 33 heavy (non-hydrogen) atoms. The molecular weight excluding hydrogens is 428 g/mol. The molecule has 1 aromatic rings. The van der Waals surface area contributed by atoms with E-state index in [-0.39, 0.29) is 12.3 Å². The predicted molar refractivity (Wildman–Crippen MR) is 122 cm³/mol. The summed E-state index contributed by atoms with van der Waals surface area (Å²) in [6.07, 6.45) is 0.197. The van der Waals surface area contributed by atoms with Crippen LogP contribution in [0.1, 0.15) is 53.0 Å². The summed E-state index contributed by atoms with van der Waals surface area (Å²) in [6, 6.07) is 5.43. The van der Waals surface area contributed by atoms with Gasteiger partial charge in [0.1, 0.15) is 6.04 Å². The summed E-state index contributed by atoms with van der Waals surface area (Å²) >= 11 is 0. The van der Waals surface area contributed by atoms with E-state index in [1.165, 1.54) is 0 Å². The van der Waals surface area contributed by atoms with Crippen LogP contribution >= 0.6 is 0 Å². The van der Waals surface area contributed by atoms with E-state index < -0.39 is 46.7 Å². The van der Waals surface area contributed by atoms with E-state index in [2.05, 4.69) is 10.6 Å². The van der Waals surface area contributed by atoms with Crippen molar-refractivity contribution in [1.82, 2.24) is 5.32 Å². The molecule has 0 radical (unpaired) electrons. The zero-order valence-corrected chi connectivity index (χ0v) is 19.8. The van der Waals surface area contributed by atoms with Gasteiger partial charge in [-0.05, 0) is 48.8 Å². The van der Waals surface area contributed by atoms with Crippen LogP contribution in [0.3, 0.4) is 0 Å². The molecule has 1 fully saturated rings. The number of anilines is 1. The van der Waals surface area contributed by atoms with Crippen LogP contribution in [0.2, 0.25) is 0 Å². The molecule has 1 aromatic carbocycles. The number of amides is 2. The number of hydrogen-bond donors (Lipinski definition) is 4. The number of rotatable bonds is 9. The first-order valence-electron chi connectivity index (χ1n) is 11.1. The first-order chi connectivity index (χ1) is 15.3. The Morgan fingerprint density at radius 3 is 2.18 bits per heavy atom. The third-order valence-corrected chi connectivity index (χ3v) is 6.82. The van der Waals surface area contributed by atoms with Gasteiger partial charge in [0.25, 0.3) is 0 Å². The molecule has 2 rings (SSSR count). The number of carboxylic acid groups (broad SMARTS) is 2. The van der Waals surface area contributed by atoms with E-state index in [0.717, 1.165) is 0 Å². The molecule has 1 aliphatic rings. The quantitative estimate of drug-likeness (QED) is 0.440. The van der Waals surface area contributed by atoms with Crippen molar-refractivity contribution in [2.75, 3.05) is 11.9 Å². The van der Waals surface area contributed by atoms with Crippen molar-refractivity contribution >= 4 is 29.6 Å². The van der Waals surface area contributed by atoms with E-state index >= 15 is 0 Å². The number of carbonyl (C=O) groups is 4. The molecule has 0 heterocycles. The summed E-state index contributed by atoms with van der Waals surface area (Å²) < 4.78 is 5.06. The van der Waals surface area contributed by atoms with Gasteiger partial charge in [-0.2, -0.15) is 0 Å². The number of nitrogens with one attached hydrogen (secondary N) is 2. The van der Waals surface area contributed by atoms with Crippen molar-refractivity contribution in [2.45, 2.75) is 59.9 Å². The first-order valence-corrected chi connectivity index (χ1v) is 11.1. The Morgan fingerprint density at radius 1 is 1.09 bits per heavy atom. The SMILES string of the molecule is CC(C)COC(=O)Nc1ccc(C[C@H](NC(=O)C2CCC(C)(C(=O)O)C2(C)C)C(=O)O)cc1. The molecule has 9 nitrogen and oxygen atoms in total. The number of hydrogen-bond acceptors (Lipinski definition) is 5. The maximum absolute atomic E-state index is 12.9. The van der Waals surface area contributed by atoms with Gasteiger partial charge in [-0.3, -0.25) is 14.9 Å². The third-order valence-electron chi connectivity index (χ3n) is 6.82. The molecule has 0 bridgehead atoms. The van der Waals surface area contributed by atoms with Crippen LogP contribution in [0.5, 0.6) is 0 Å². The van der Waals surface area contributed by atoms with Gasteiger partial charge in [0, 0.05) is 18.0 Å². The zero-order chi connectivity index (χ0) is 25.0. The highest BCUT2D eigenvalue weighted by Crippen LogP contribution is 2.56. The van der Waals surface area contributed by atoms with E-state index in [1.54, 1.807) is 45.0 Å². The second kappa shape index (κ2) is 10.2. The Bertz CT molecular complexity index is 895. The average Bonchev–Trinajstić information content (AvgIpc) is 2.97. The lowest BCUT2D eigenvalue weighted by atomic mass is 9.65. The van der Waals surface area contributed by atoms with E-state index in [1.807, 2.05) is 13.8 Å². The van der Waals surface area contributed by atoms with Crippen LogP contribution in [0.15, 0.2) is 24.3 Å². The van der Waals surface area contributed by atoms with Gasteiger partial charge in [0.15, 0.2) is 0 Å². The Labute approximate surface area is 193 Å². The summed E-state index contributed by atoms with van der Waals surface area (Å²) in [6.45, 7) is 9.27. The Hall–Kier alpha value is -3.10. The smallest absolute Gasteiger partial charge is 0.411 e. The molecule has 0 aliphatic heterocycles. The molecule has 0 aromatic heterocycles. The van der Waals surface area contributed by atoms with Crippen LogP contribution < -0.4 is 10.6 Å². The van der Waals surface area contributed by atoms with Gasteiger partial charge < -0.3 is 20.3 Å². The summed E-state index contributed by atoms with van der Waals surface area (Å²) in [4.78, 5) is 48.3. The first kappa shape index (κ1) is 26.2. The lowest BCUT2D eigenvalue weighted by Crippen LogP contribution is -2.49. The summed E-state index contributed by atoms with van der Waals surface area (Å²) in [5, 5.41) is 24.5. The molecular formula is C24H34N2O7. The standard InChI is InChI=1S/C24H34N2O7/c1-14(2)13-33-22(32)25-16-8-6-15(7-9-16)12-18(20(28)29)26-19(27)17-10-11-24(5,21(30)31)23(17,3)4/h6-9,14,17-18H,10-13H2,1-5H3,(H,25,32)(H,26,27)(H,28,29)(H,30,31)/t17?,18-,24?/m0/s1. The van der Waals surface area contributed by atoms with Crippen molar-refractivity contribution in [2.24, 2.45) is 22.7 Å². The maximum Gasteiger partial charge on any atom is 0.411 e. The van der Waals surface area contributed by atoms with Gasteiger partial charge in [-0.25, -0.2) is 9.59 Å². The largest absolute Gasteiger partial charge is 0.481 e. The van der Waals surface area contributed by atoms with Crippen molar-refractivity contribution in [1.29, 1.82) is 0 Å². The minimum atomic E-state index is -1.18. The van der Waals surface area contributed by atoms with Gasteiger partial charge >= 0.3 is 18.0 Å². The average molecular weight is 463 g/mol. The Balaban J connectivity index is 2.02. The van der Waals surface area contributed by atoms with Crippen molar-refractivity contribution < 1.29 is 34.1 Å². The minimum Gasteiger partial charge on any atom is -0.481 e. The van der Waals surface area contributed by atoms with Crippen LogP contribution in [-0.4, -0.2) is 46.8 Å². The summed E-state index contributed by atoms with van der Waals surface area (Å²) in [5.41, 5.74) is -0.731. The highest BCUT2D eigenvalue weighted by atomic mass is 16.5. The van der Waals surface area contributed by atoms with Crippen molar-refractivity contribution in [3.63, 3.8) is 0 Å². The Kier molecular flexibility index (Phi) is 8.11. The maximum atomic E-state index is 12.9. The second-order valence-corrected chi connectivity index (χ2v) is 9.87. The normalized spacial score (nSPS) is 22.4. The Morgan fingerprint density at radius 2 is 1.70 bits per heavy atom. The highest BCUT2D eigenvalue weighted by molar-refractivity contribution is 5.88. The number of aliphatic carboxylic acids is 2. The van der Waals surface area contributed by atoms with Crippen LogP contribution in [0, 0.1) is 22.7 Å². The molecule has 1 saturated carbocycles. The van der Waals surface area contributed by atoms with Crippen molar-refractivity contribution in [3.05, 3.63) is 29.8 Å². The molecule has 2 amide bonds. The van der Waals surface area contributed by atoms with Gasteiger partial charge in [0.05, 0.1) is 12.0 Å². The fraction of sp³-hybridized carbons (Fsp3) is 0.583. The molecule has 3 atom stereocenters. The number of carbonyl (C=O) groups excluding carboxylic acids is 2. The van der Waals surface area contributed by atoms with E-state index in [0.29, 0.717) is 30.7 Å². The summed E-state index contributed by atoms with van der Waals surface area (Å²) in [5.74, 6) is -2.99. The van der Waals surface area contributed by atoms with Gasteiger partial charge in [-0.15, -0.1) is 0 Å². The molecule has 1 aliphatic carbocycles. The van der Waals surface area contributed by atoms with E-state index in [4.69, 9.17) is 4.74 Å². The van der Waals surface area contributed by atoms with Crippen LogP contribution in [0.4, 0.5) is 10.5 Å². The lowest BCUT2D eigenvalue weighted by molar-refractivity contribution is -0.155. The molecule has 2 unspecified atom stereocenters. The summed E-state index contributed by atoms with van der Waals surface area (Å²) in [7, 11) is 0. The lowest BCUT2D eigenvalue weighted by Gasteiger charge is -2.38. The van der Waals surface area contributed by atoms with Gasteiger partial charge in [-0.1, -0.05) is 39.8 Å². The second-order valence-electron chi connectivity index (χ2n) is 9.87. The molecule has 182 valence electrons. The molecule has 4 N–H and O–H groups in total. The van der Waals surface area contributed by atoms with Crippen LogP contribution in [-0.2, 0) is 25.5 Å². The predicted octanol–water partition coefficient (Wildman–Crippen LogP) is 3.53. The molecule has 9 heteroatoms. The fourth-order valence-corrected chi connectivity index (χ4v) is 4.17. The number of benzene rings is 1. The number of ether oxygens (including phenoxy) is 1. The van der Waals surface area contributed by atoms with E-state index in [9.17, 15) is 29.4 Å². The monoisotopic (exact) mass is 462 g/mol. The topological polar surface area (TPSA) is 142 Å².